The standard InChI is InChI=1S/C29H50O4/c30-28(31)26-24-22-20-18-16-14-12-10-8-6-4-2-1-3-5-7-9-11-13-15-17-19-21-23-25-27-29(32)33/h10,12,24-27H,1-9,11,13-23H2,(H,30,31)(H,32,33). The lowest BCUT2D eigenvalue weighted by Gasteiger charge is -2.03. The Labute approximate surface area is 203 Å². The minimum absolute atomic E-state index is 0.843. The lowest BCUT2D eigenvalue weighted by molar-refractivity contribution is -0.132. The lowest BCUT2D eigenvalue weighted by atomic mass is 10.0. The van der Waals surface area contributed by atoms with Gasteiger partial charge in [-0.1, -0.05) is 108 Å². The summed E-state index contributed by atoms with van der Waals surface area (Å²) in [6.07, 6.45) is 36.8. The zero-order chi connectivity index (χ0) is 24.2. The van der Waals surface area contributed by atoms with Crippen LogP contribution in [0.25, 0.3) is 0 Å². The molecule has 4 heteroatoms. The van der Waals surface area contributed by atoms with Gasteiger partial charge in [0.05, 0.1) is 0 Å². The van der Waals surface area contributed by atoms with Crippen LogP contribution in [0.3, 0.4) is 0 Å². The largest absolute Gasteiger partial charge is 0.478 e. The molecule has 0 unspecified atom stereocenters. The second-order valence-electron chi connectivity index (χ2n) is 9.12. The van der Waals surface area contributed by atoms with Gasteiger partial charge in [-0.15, -0.1) is 0 Å². The Morgan fingerprint density at radius 3 is 0.848 bits per heavy atom. The molecule has 0 aliphatic carbocycles. The molecule has 0 amide bonds. The highest BCUT2D eigenvalue weighted by atomic mass is 16.4. The van der Waals surface area contributed by atoms with Crippen molar-refractivity contribution in [3.8, 4) is 0 Å². The summed E-state index contributed by atoms with van der Waals surface area (Å²) in [7, 11) is 0. The van der Waals surface area contributed by atoms with Gasteiger partial charge in [0.25, 0.3) is 0 Å². The summed E-state index contributed by atoms with van der Waals surface area (Å²) in [6, 6.07) is 0. The number of allylic oxidation sites excluding steroid dienone is 4. The molecule has 0 aromatic carbocycles. The Kier molecular flexibility index (Phi) is 24.9. The summed E-state index contributed by atoms with van der Waals surface area (Å²) in [6.45, 7) is 0. The topological polar surface area (TPSA) is 74.6 Å². The number of carboxylic acids is 2. The Balaban J connectivity index is 3.14. The van der Waals surface area contributed by atoms with E-state index in [4.69, 9.17) is 10.2 Å². The van der Waals surface area contributed by atoms with Crippen molar-refractivity contribution in [2.75, 3.05) is 0 Å². The maximum Gasteiger partial charge on any atom is 0.327 e. The van der Waals surface area contributed by atoms with Crippen molar-refractivity contribution in [2.45, 2.75) is 135 Å². The van der Waals surface area contributed by atoms with E-state index < -0.39 is 11.9 Å². The SMILES string of the molecule is O=C(O)C=CCCCCCC=CCCCCCCCCCCCCCCCCC=CC(=O)O. The summed E-state index contributed by atoms with van der Waals surface area (Å²) < 4.78 is 0. The number of hydrogen-bond acceptors (Lipinski definition) is 2. The molecule has 0 aliphatic heterocycles. The van der Waals surface area contributed by atoms with Crippen molar-refractivity contribution >= 4 is 11.9 Å². The van der Waals surface area contributed by atoms with E-state index in [0.717, 1.165) is 32.1 Å². The third-order valence-corrected chi connectivity index (χ3v) is 5.92. The quantitative estimate of drug-likeness (QED) is 0.0806. The van der Waals surface area contributed by atoms with E-state index in [1.54, 1.807) is 12.2 Å². The zero-order valence-electron chi connectivity index (χ0n) is 21.0. The number of rotatable bonds is 25. The molecule has 0 fully saturated rings. The monoisotopic (exact) mass is 462 g/mol. The second kappa shape index (κ2) is 26.4. The van der Waals surface area contributed by atoms with E-state index in [2.05, 4.69) is 12.2 Å². The van der Waals surface area contributed by atoms with Gasteiger partial charge in [0.2, 0.25) is 0 Å². The van der Waals surface area contributed by atoms with Crippen LogP contribution in [0.15, 0.2) is 36.5 Å². The second-order valence-corrected chi connectivity index (χ2v) is 9.12. The molecule has 0 spiro atoms. The first kappa shape index (κ1) is 31.2. The highest BCUT2D eigenvalue weighted by molar-refractivity contribution is 5.79. The van der Waals surface area contributed by atoms with Crippen LogP contribution in [0.1, 0.15) is 135 Å². The van der Waals surface area contributed by atoms with Crippen LogP contribution >= 0.6 is 0 Å². The molecule has 0 atom stereocenters. The molecule has 0 saturated carbocycles. The summed E-state index contributed by atoms with van der Waals surface area (Å²) in [4.78, 5) is 20.7. The average molecular weight is 463 g/mol. The highest BCUT2D eigenvalue weighted by Crippen LogP contribution is 2.14. The molecule has 0 radical (unpaired) electrons. The fraction of sp³-hybridized carbons (Fsp3) is 0.724. The summed E-state index contributed by atoms with van der Waals surface area (Å²) in [5.41, 5.74) is 0. The molecule has 0 rings (SSSR count). The molecule has 0 aromatic heterocycles. The van der Waals surface area contributed by atoms with Crippen LogP contribution in [-0.2, 0) is 9.59 Å². The summed E-state index contributed by atoms with van der Waals surface area (Å²) in [5, 5.41) is 17.0. The molecular weight excluding hydrogens is 412 g/mol. The van der Waals surface area contributed by atoms with Crippen molar-refractivity contribution in [1.82, 2.24) is 0 Å². The van der Waals surface area contributed by atoms with Gasteiger partial charge in [-0.2, -0.15) is 0 Å². The van der Waals surface area contributed by atoms with Crippen LogP contribution in [0.5, 0.6) is 0 Å². The van der Waals surface area contributed by atoms with E-state index in [9.17, 15) is 9.59 Å². The Morgan fingerprint density at radius 2 is 0.576 bits per heavy atom. The molecule has 0 heterocycles. The Hall–Kier alpha value is -1.84. The first-order valence-corrected chi connectivity index (χ1v) is 13.6. The predicted octanol–water partition coefficient (Wildman–Crippen LogP) is 9.02. The maximum absolute atomic E-state index is 10.3. The lowest BCUT2D eigenvalue weighted by Crippen LogP contribution is -1.86. The van der Waals surface area contributed by atoms with Crippen LogP contribution in [0.4, 0.5) is 0 Å². The third kappa shape index (κ3) is 30.2. The molecule has 33 heavy (non-hydrogen) atoms. The number of carbonyl (C=O) groups is 2. The smallest absolute Gasteiger partial charge is 0.327 e. The Morgan fingerprint density at radius 1 is 0.364 bits per heavy atom. The maximum atomic E-state index is 10.3. The fourth-order valence-corrected chi connectivity index (χ4v) is 3.95. The molecule has 0 bridgehead atoms. The fourth-order valence-electron chi connectivity index (χ4n) is 3.95. The van der Waals surface area contributed by atoms with Crippen molar-refractivity contribution in [3.05, 3.63) is 36.5 Å². The number of carboxylic acid groups (broad SMARTS) is 2. The summed E-state index contributed by atoms with van der Waals surface area (Å²) in [5.74, 6) is -1.70. The van der Waals surface area contributed by atoms with Crippen LogP contribution in [0, 0.1) is 0 Å². The van der Waals surface area contributed by atoms with Gasteiger partial charge in [-0.3, -0.25) is 0 Å². The van der Waals surface area contributed by atoms with Crippen molar-refractivity contribution in [1.29, 1.82) is 0 Å². The van der Waals surface area contributed by atoms with Crippen LogP contribution in [0.2, 0.25) is 0 Å². The minimum Gasteiger partial charge on any atom is -0.478 e. The predicted molar refractivity (Wildman–Crippen MR) is 140 cm³/mol. The highest BCUT2D eigenvalue weighted by Gasteiger charge is 1.95. The molecule has 190 valence electrons. The number of aliphatic carboxylic acids is 2. The van der Waals surface area contributed by atoms with Gasteiger partial charge in [0, 0.05) is 12.2 Å². The molecule has 0 aliphatic rings. The van der Waals surface area contributed by atoms with Crippen molar-refractivity contribution < 1.29 is 19.8 Å². The normalized spacial score (nSPS) is 11.9. The molecule has 2 N–H and O–H groups in total. The first-order chi connectivity index (χ1) is 16.1. The molecular formula is C29H50O4. The van der Waals surface area contributed by atoms with Crippen molar-refractivity contribution in [2.24, 2.45) is 0 Å². The van der Waals surface area contributed by atoms with E-state index in [1.165, 1.54) is 115 Å². The minimum atomic E-state index is -0.852. The number of unbranched alkanes of at least 4 members (excludes halogenated alkanes) is 19. The van der Waals surface area contributed by atoms with Crippen LogP contribution < -0.4 is 0 Å². The molecule has 0 saturated heterocycles. The third-order valence-electron chi connectivity index (χ3n) is 5.92. The average Bonchev–Trinajstić information content (AvgIpc) is 2.78. The number of hydrogen-bond donors (Lipinski definition) is 2. The first-order valence-electron chi connectivity index (χ1n) is 13.6. The van der Waals surface area contributed by atoms with Crippen molar-refractivity contribution in [3.63, 3.8) is 0 Å². The van der Waals surface area contributed by atoms with Gasteiger partial charge in [-0.05, 0) is 51.4 Å². The molecule has 0 aromatic rings. The molecule has 4 nitrogen and oxygen atoms in total. The Bertz CT molecular complexity index is 534. The van der Waals surface area contributed by atoms with E-state index in [1.807, 2.05) is 0 Å². The van der Waals surface area contributed by atoms with Gasteiger partial charge >= 0.3 is 11.9 Å². The van der Waals surface area contributed by atoms with E-state index in [0.29, 0.717) is 0 Å². The summed E-state index contributed by atoms with van der Waals surface area (Å²) >= 11 is 0. The van der Waals surface area contributed by atoms with E-state index in [-0.39, 0.29) is 0 Å². The zero-order valence-corrected chi connectivity index (χ0v) is 21.0. The van der Waals surface area contributed by atoms with Gasteiger partial charge in [-0.25, -0.2) is 9.59 Å². The van der Waals surface area contributed by atoms with Gasteiger partial charge in [0.15, 0.2) is 0 Å². The van der Waals surface area contributed by atoms with Gasteiger partial charge < -0.3 is 10.2 Å². The van der Waals surface area contributed by atoms with Gasteiger partial charge in [0.1, 0.15) is 0 Å². The van der Waals surface area contributed by atoms with Crippen LogP contribution in [-0.4, -0.2) is 22.2 Å². The van der Waals surface area contributed by atoms with E-state index >= 15 is 0 Å².